The average Bonchev–Trinajstić information content (AvgIpc) is 3.15. The van der Waals surface area contributed by atoms with Gasteiger partial charge in [-0.25, -0.2) is 4.79 Å². The predicted octanol–water partition coefficient (Wildman–Crippen LogP) is 3.49. The van der Waals surface area contributed by atoms with Crippen LogP contribution in [0.5, 0.6) is 0 Å². The Hall–Kier alpha value is -1.60. The quantitative estimate of drug-likeness (QED) is 0.649. The third-order valence-electron chi connectivity index (χ3n) is 3.81. The second kappa shape index (κ2) is 6.13. The molecule has 7 heteroatoms. The molecule has 6 nitrogen and oxygen atoms in total. The van der Waals surface area contributed by atoms with Crippen LogP contribution >= 0.6 is 0 Å². The molecular weight excluding hydrogens is 314 g/mol. The van der Waals surface area contributed by atoms with E-state index in [9.17, 15) is 9.35 Å². The van der Waals surface area contributed by atoms with Crippen LogP contribution in [0.2, 0.25) is 0 Å². The lowest BCUT2D eigenvalue weighted by atomic mass is 10.0. The molecule has 0 aromatic carbocycles. The first-order chi connectivity index (χ1) is 10.5. The van der Waals surface area contributed by atoms with E-state index in [1.165, 1.54) is 0 Å². The van der Waals surface area contributed by atoms with Gasteiger partial charge in [0.15, 0.2) is 0 Å². The largest absolute Gasteiger partial charge is 0.591 e. The number of carboxylic acid groups (broad SMARTS) is 1. The summed E-state index contributed by atoms with van der Waals surface area (Å²) in [6, 6.07) is 3.39. The highest BCUT2D eigenvalue weighted by molar-refractivity contribution is 7.91. The van der Waals surface area contributed by atoms with Gasteiger partial charge in [0.05, 0.1) is 5.69 Å². The van der Waals surface area contributed by atoms with E-state index in [1.807, 2.05) is 20.8 Å². The van der Waals surface area contributed by atoms with Crippen molar-refractivity contribution in [1.82, 2.24) is 4.98 Å². The third-order valence-corrected chi connectivity index (χ3v) is 5.30. The van der Waals surface area contributed by atoms with Crippen LogP contribution in [0, 0.1) is 0 Å². The van der Waals surface area contributed by atoms with Crippen molar-refractivity contribution in [2.45, 2.75) is 57.6 Å². The van der Waals surface area contributed by atoms with Gasteiger partial charge in [-0.05, 0) is 52.7 Å². The minimum absolute atomic E-state index is 0.00555. The highest BCUT2D eigenvalue weighted by Crippen LogP contribution is 2.47. The second-order valence-electron chi connectivity index (χ2n) is 7.16. The van der Waals surface area contributed by atoms with E-state index in [0.29, 0.717) is 17.1 Å². The van der Waals surface area contributed by atoms with Crippen LogP contribution in [-0.4, -0.2) is 31.2 Å². The molecule has 0 saturated heterocycles. The smallest absolute Gasteiger partial charge is 0.409 e. The highest BCUT2D eigenvalue weighted by atomic mass is 32.2. The fourth-order valence-electron chi connectivity index (χ4n) is 1.97. The van der Waals surface area contributed by atoms with Crippen molar-refractivity contribution < 1.29 is 14.5 Å². The Kier molecular flexibility index (Phi) is 4.73. The maximum absolute atomic E-state index is 12.2. The van der Waals surface area contributed by atoms with Crippen LogP contribution < -0.4 is 5.32 Å². The molecule has 1 amide bonds. The first-order valence-electron chi connectivity index (χ1n) is 7.51. The molecule has 1 aliphatic carbocycles. The molecule has 23 heavy (non-hydrogen) atoms. The molecular formula is C16H23N3O3S. The van der Waals surface area contributed by atoms with E-state index in [4.69, 9.17) is 5.11 Å². The van der Waals surface area contributed by atoms with E-state index in [2.05, 4.69) is 21.6 Å². The van der Waals surface area contributed by atoms with Crippen LogP contribution in [0.4, 0.5) is 10.5 Å². The normalized spacial score (nSPS) is 18.4. The molecule has 2 N–H and O–H groups in total. The zero-order valence-electron chi connectivity index (χ0n) is 14.1. The monoisotopic (exact) mass is 337 g/mol. The van der Waals surface area contributed by atoms with Gasteiger partial charge in [-0.2, -0.15) is 0 Å². The lowest BCUT2D eigenvalue weighted by molar-refractivity contribution is 0.209. The van der Waals surface area contributed by atoms with Crippen molar-refractivity contribution in [2.75, 3.05) is 5.32 Å². The number of nitrogens with zero attached hydrogens (tertiary/aromatic N) is 2. The number of amides is 1. The van der Waals surface area contributed by atoms with E-state index in [1.54, 1.807) is 19.1 Å². The molecule has 1 fully saturated rings. The minimum Gasteiger partial charge on any atom is -0.591 e. The van der Waals surface area contributed by atoms with E-state index in [0.717, 1.165) is 18.5 Å². The summed E-state index contributed by atoms with van der Waals surface area (Å²) in [4.78, 5) is 15.5. The number of anilines is 1. The zero-order valence-corrected chi connectivity index (χ0v) is 15.0. The van der Waals surface area contributed by atoms with Crippen molar-refractivity contribution in [1.29, 1.82) is 0 Å². The molecule has 2 rings (SSSR count). The van der Waals surface area contributed by atoms with Gasteiger partial charge in [-0.1, -0.05) is 11.3 Å². The molecule has 1 heterocycles. The lowest BCUT2D eigenvalue weighted by Crippen LogP contribution is -2.27. The zero-order chi connectivity index (χ0) is 17.4. The number of rotatable bonds is 4. The summed E-state index contributed by atoms with van der Waals surface area (Å²) in [5.74, 6) is 0. The number of carbonyl (C=O) groups is 1. The van der Waals surface area contributed by atoms with Crippen molar-refractivity contribution in [3.05, 3.63) is 23.5 Å². The van der Waals surface area contributed by atoms with Gasteiger partial charge in [0, 0.05) is 16.8 Å². The summed E-state index contributed by atoms with van der Waals surface area (Å²) < 4.78 is 16.0. The molecule has 1 aromatic rings. The standard InChI is InChI=1S/C16H23N3O3S/c1-10(19-23(22)15(2,3)4)12-8-11(17-14(20)21)9-13(18-12)16(5)6-7-16/h8-9H,6-7H2,1-5H3,(H,17,18)(H,20,21)/b19-10+. The topological polar surface area (TPSA) is 97.6 Å². The summed E-state index contributed by atoms with van der Waals surface area (Å²) in [6.07, 6.45) is 0.932. The van der Waals surface area contributed by atoms with Crippen LogP contribution in [0.15, 0.2) is 16.5 Å². The van der Waals surface area contributed by atoms with Crippen LogP contribution in [-0.2, 0) is 16.8 Å². The third kappa shape index (κ3) is 4.45. The summed E-state index contributed by atoms with van der Waals surface area (Å²) in [5.41, 5.74) is 2.39. The maximum atomic E-state index is 12.2. The van der Waals surface area contributed by atoms with Gasteiger partial charge in [-0.15, -0.1) is 0 Å². The molecule has 126 valence electrons. The van der Waals surface area contributed by atoms with Gasteiger partial charge in [-0.3, -0.25) is 10.3 Å². The van der Waals surface area contributed by atoms with Crippen molar-refractivity contribution in [3.8, 4) is 0 Å². The summed E-state index contributed by atoms with van der Waals surface area (Å²) in [5, 5.41) is 11.3. The molecule has 1 aromatic heterocycles. The Balaban J connectivity index is 2.40. The van der Waals surface area contributed by atoms with Gasteiger partial charge >= 0.3 is 6.09 Å². The van der Waals surface area contributed by atoms with Crippen molar-refractivity contribution >= 4 is 28.9 Å². The molecule has 1 saturated carbocycles. The Labute approximate surface area is 139 Å². The highest BCUT2D eigenvalue weighted by Gasteiger charge is 2.41. The SMILES string of the molecule is C/C(=N\[S+]([O-])C(C)(C)C)c1cc(NC(=O)O)cc(C2(C)CC2)n1. The van der Waals surface area contributed by atoms with Crippen molar-refractivity contribution in [3.63, 3.8) is 0 Å². The molecule has 1 aliphatic rings. The van der Waals surface area contributed by atoms with Crippen LogP contribution in [0.25, 0.3) is 0 Å². The van der Waals surface area contributed by atoms with Gasteiger partial charge in [0.1, 0.15) is 21.8 Å². The van der Waals surface area contributed by atoms with E-state index in [-0.39, 0.29) is 5.41 Å². The Morgan fingerprint density at radius 3 is 2.52 bits per heavy atom. The van der Waals surface area contributed by atoms with Gasteiger partial charge < -0.3 is 9.66 Å². The molecule has 1 atom stereocenters. The molecule has 1 unspecified atom stereocenters. The Morgan fingerprint density at radius 1 is 1.43 bits per heavy atom. The van der Waals surface area contributed by atoms with E-state index < -0.39 is 22.2 Å². The second-order valence-corrected chi connectivity index (χ2v) is 9.06. The minimum atomic E-state index is -1.39. The Morgan fingerprint density at radius 2 is 2.04 bits per heavy atom. The number of hydrogen-bond acceptors (Lipinski definition) is 4. The Bertz CT molecular complexity index is 648. The first kappa shape index (κ1) is 17.7. The number of pyridine rings is 1. The number of hydrogen-bond donors (Lipinski definition) is 2. The predicted molar refractivity (Wildman–Crippen MR) is 92.6 cm³/mol. The fourth-order valence-corrected chi connectivity index (χ4v) is 2.59. The number of aromatic nitrogens is 1. The van der Waals surface area contributed by atoms with Gasteiger partial charge in [0.2, 0.25) is 0 Å². The average molecular weight is 337 g/mol. The lowest BCUT2D eigenvalue weighted by Gasteiger charge is -2.19. The summed E-state index contributed by atoms with van der Waals surface area (Å²) in [7, 11) is 0. The molecule has 0 radical (unpaired) electrons. The van der Waals surface area contributed by atoms with Crippen LogP contribution in [0.1, 0.15) is 58.8 Å². The van der Waals surface area contributed by atoms with Crippen LogP contribution in [0.3, 0.4) is 0 Å². The number of nitrogens with one attached hydrogen (secondary N) is 1. The molecule has 0 spiro atoms. The van der Waals surface area contributed by atoms with Crippen molar-refractivity contribution in [2.24, 2.45) is 4.40 Å². The summed E-state index contributed by atoms with van der Waals surface area (Å²) >= 11 is -1.39. The van der Waals surface area contributed by atoms with Gasteiger partial charge in [0.25, 0.3) is 0 Å². The van der Waals surface area contributed by atoms with E-state index >= 15 is 0 Å². The first-order valence-corrected chi connectivity index (χ1v) is 8.62. The summed E-state index contributed by atoms with van der Waals surface area (Å²) in [6.45, 7) is 9.41. The molecule has 0 bridgehead atoms. The molecule has 0 aliphatic heterocycles. The fraction of sp³-hybridized carbons (Fsp3) is 0.562. The maximum Gasteiger partial charge on any atom is 0.409 e.